The fourth-order valence-corrected chi connectivity index (χ4v) is 1.41. The van der Waals surface area contributed by atoms with Crippen molar-refractivity contribution in [3.05, 3.63) is 28.8 Å². The quantitative estimate of drug-likeness (QED) is 0.536. The fraction of sp³-hybridized carbons (Fsp3) is 0.273. The molecule has 0 bridgehead atoms. The molecule has 1 atom stereocenters. The Balaban J connectivity index is 2.81. The maximum Gasteiger partial charge on any atom is 0.330 e. The van der Waals surface area contributed by atoms with E-state index in [2.05, 4.69) is 10.1 Å². The number of aliphatic hydroxyl groups excluding tert-OH is 1. The van der Waals surface area contributed by atoms with E-state index in [1.165, 1.54) is 18.2 Å². The van der Waals surface area contributed by atoms with Crippen LogP contribution in [0.25, 0.3) is 0 Å². The van der Waals surface area contributed by atoms with E-state index in [1.807, 2.05) is 0 Å². The first-order chi connectivity index (χ1) is 8.49. The predicted octanol–water partition coefficient (Wildman–Crippen LogP) is 0.186. The minimum Gasteiger partial charge on any atom is -0.467 e. The van der Waals surface area contributed by atoms with Gasteiger partial charge in [-0.15, -0.1) is 0 Å². The number of rotatable bonds is 4. The van der Waals surface area contributed by atoms with Gasteiger partial charge in [0.15, 0.2) is 6.04 Å². The van der Waals surface area contributed by atoms with Gasteiger partial charge in [0.05, 0.1) is 24.4 Å². The number of halogens is 1. The van der Waals surface area contributed by atoms with Crippen LogP contribution in [0, 0.1) is 0 Å². The Labute approximate surface area is 109 Å². The summed E-state index contributed by atoms with van der Waals surface area (Å²) in [6, 6.07) is 3.20. The normalized spacial score (nSPS) is 11.7. The van der Waals surface area contributed by atoms with Crippen molar-refractivity contribution in [1.82, 2.24) is 5.32 Å². The summed E-state index contributed by atoms with van der Waals surface area (Å²) in [5, 5.41) is 11.5. The van der Waals surface area contributed by atoms with E-state index < -0.39 is 24.5 Å². The first-order valence-corrected chi connectivity index (χ1v) is 5.42. The summed E-state index contributed by atoms with van der Waals surface area (Å²) in [6.07, 6.45) is 0. The Morgan fingerprint density at radius 2 is 2.22 bits per heavy atom. The molecule has 18 heavy (non-hydrogen) atoms. The lowest BCUT2D eigenvalue weighted by molar-refractivity contribution is -0.143. The van der Waals surface area contributed by atoms with E-state index in [1.54, 1.807) is 0 Å². The second-order valence-electron chi connectivity index (χ2n) is 3.47. The number of amides is 1. The van der Waals surface area contributed by atoms with Gasteiger partial charge >= 0.3 is 5.97 Å². The third-order valence-electron chi connectivity index (χ3n) is 2.24. The van der Waals surface area contributed by atoms with Crippen molar-refractivity contribution >= 4 is 29.2 Å². The van der Waals surface area contributed by atoms with Gasteiger partial charge in [0.2, 0.25) is 0 Å². The number of hydrogen-bond acceptors (Lipinski definition) is 5. The Kier molecular flexibility index (Phi) is 4.94. The molecule has 0 fully saturated rings. The second-order valence-corrected chi connectivity index (χ2v) is 3.88. The van der Waals surface area contributed by atoms with Crippen LogP contribution < -0.4 is 11.1 Å². The number of carbonyl (C=O) groups is 2. The van der Waals surface area contributed by atoms with Gasteiger partial charge in [-0.25, -0.2) is 4.79 Å². The Morgan fingerprint density at radius 3 is 2.72 bits per heavy atom. The number of ether oxygens (including phenoxy) is 1. The number of methoxy groups -OCH3 is 1. The van der Waals surface area contributed by atoms with E-state index in [4.69, 9.17) is 22.4 Å². The van der Waals surface area contributed by atoms with Crippen molar-refractivity contribution < 1.29 is 19.4 Å². The van der Waals surface area contributed by atoms with E-state index in [0.29, 0.717) is 5.69 Å². The second kappa shape index (κ2) is 6.23. The maximum atomic E-state index is 11.8. The highest BCUT2D eigenvalue weighted by molar-refractivity contribution is 6.33. The van der Waals surface area contributed by atoms with Crippen LogP contribution >= 0.6 is 11.6 Å². The van der Waals surface area contributed by atoms with Crippen LogP contribution in [-0.2, 0) is 9.53 Å². The van der Waals surface area contributed by atoms with Crippen LogP contribution in [0.2, 0.25) is 5.02 Å². The molecule has 4 N–H and O–H groups in total. The fourth-order valence-electron chi connectivity index (χ4n) is 1.23. The van der Waals surface area contributed by atoms with Crippen molar-refractivity contribution in [3.63, 3.8) is 0 Å². The molecular formula is C11H13ClN2O4. The molecule has 1 unspecified atom stereocenters. The monoisotopic (exact) mass is 272 g/mol. The highest BCUT2D eigenvalue weighted by Gasteiger charge is 2.21. The molecule has 7 heteroatoms. The van der Waals surface area contributed by atoms with Crippen molar-refractivity contribution in [2.45, 2.75) is 6.04 Å². The summed E-state index contributed by atoms with van der Waals surface area (Å²) < 4.78 is 4.42. The third kappa shape index (κ3) is 3.35. The number of aliphatic hydroxyl groups is 1. The number of nitrogens with two attached hydrogens (primary N) is 1. The molecule has 0 aliphatic carbocycles. The zero-order chi connectivity index (χ0) is 13.7. The lowest BCUT2D eigenvalue weighted by atomic mass is 10.2. The zero-order valence-electron chi connectivity index (χ0n) is 9.64. The molecule has 0 spiro atoms. The molecule has 0 aliphatic rings. The molecule has 0 saturated heterocycles. The maximum absolute atomic E-state index is 11.8. The molecular weight excluding hydrogens is 260 g/mol. The van der Waals surface area contributed by atoms with Gasteiger partial charge < -0.3 is 20.9 Å². The van der Waals surface area contributed by atoms with Crippen LogP contribution in [0.1, 0.15) is 10.4 Å². The van der Waals surface area contributed by atoms with Gasteiger partial charge in [0.25, 0.3) is 5.91 Å². The van der Waals surface area contributed by atoms with Gasteiger partial charge in [-0.1, -0.05) is 11.6 Å². The summed E-state index contributed by atoms with van der Waals surface area (Å²) >= 11 is 5.77. The molecule has 1 rings (SSSR count). The Bertz CT molecular complexity index is 464. The molecule has 0 heterocycles. The van der Waals surface area contributed by atoms with Crippen molar-refractivity contribution in [2.24, 2.45) is 0 Å². The average Bonchev–Trinajstić information content (AvgIpc) is 2.37. The summed E-state index contributed by atoms with van der Waals surface area (Å²) in [4.78, 5) is 23.0. The average molecular weight is 273 g/mol. The van der Waals surface area contributed by atoms with E-state index in [0.717, 1.165) is 7.11 Å². The first kappa shape index (κ1) is 14.3. The van der Waals surface area contributed by atoms with Crippen LogP contribution in [0.5, 0.6) is 0 Å². The van der Waals surface area contributed by atoms with Gasteiger partial charge in [-0.3, -0.25) is 4.79 Å². The summed E-state index contributed by atoms with van der Waals surface area (Å²) in [5.41, 5.74) is 6.09. The molecule has 0 aromatic heterocycles. The van der Waals surface area contributed by atoms with Crippen LogP contribution in [0.15, 0.2) is 18.2 Å². The minimum atomic E-state index is -1.11. The molecule has 6 nitrogen and oxygen atoms in total. The van der Waals surface area contributed by atoms with Crippen molar-refractivity contribution in [1.29, 1.82) is 0 Å². The van der Waals surface area contributed by atoms with Crippen molar-refractivity contribution in [2.75, 3.05) is 19.5 Å². The number of hydrogen-bond donors (Lipinski definition) is 3. The molecule has 0 aliphatic heterocycles. The van der Waals surface area contributed by atoms with Crippen LogP contribution in [0.4, 0.5) is 5.69 Å². The largest absolute Gasteiger partial charge is 0.467 e. The number of benzene rings is 1. The van der Waals surface area contributed by atoms with Crippen molar-refractivity contribution in [3.8, 4) is 0 Å². The summed E-state index contributed by atoms with van der Waals surface area (Å²) in [5.74, 6) is -1.28. The van der Waals surface area contributed by atoms with Gasteiger partial charge in [-0.2, -0.15) is 0 Å². The zero-order valence-corrected chi connectivity index (χ0v) is 10.4. The Morgan fingerprint density at radius 1 is 1.56 bits per heavy atom. The van der Waals surface area contributed by atoms with E-state index in [-0.39, 0.29) is 10.6 Å². The van der Waals surface area contributed by atoms with Crippen LogP contribution in [0.3, 0.4) is 0 Å². The number of nitrogens with one attached hydrogen (secondary N) is 1. The van der Waals surface area contributed by atoms with Gasteiger partial charge in [-0.05, 0) is 18.2 Å². The van der Waals surface area contributed by atoms with Crippen LogP contribution in [-0.4, -0.2) is 36.7 Å². The number of esters is 1. The smallest absolute Gasteiger partial charge is 0.330 e. The van der Waals surface area contributed by atoms with E-state index in [9.17, 15) is 9.59 Å². The van der Waals surface area contributed by atoms with Gasteiger partial charge in [0, 0.05) is 5.56 Å². The number of nitrogen functional groups attached to an aromatic ring is 1. The highest BCUT2D eigenvalue weighted by atomic mass is 35.5. The topological polar surface area (TPSA) is 102 Å². The SMILES string of the molecule is COC(=O)C(CO)NC(=O)c1ccc(N)c(Cl)c1. The number of anilines is 1. The summed E-state index contributed by atoms with van der Waals surface area (Å²) in [6.45, 7) is -0.554. The molecule has 1 aromatic rings. The van der Waals surface area contributed by atoms with E-state index >= 15 is 0 Å². The third-order valence-corrected chi connectivity index (χ3v) is 2.56. The Hall–Kier alpha value is -1.79. The molecule has 0 saturated carbocycles. The molecule has 98 valence electrons. The summed E-state index contributed by atoms with van der Waals surface area (Å²) in [7, 11) is 1.16. The molecule has 0 radical (unpaired) electrons. The first-order valence-electron chi connectivity index (χ1n) is 5.04. The standard InChI is InChI=1S/C11H13ClN2O4/c1-18-11(17)9(5-15)14-10(16)6-2-3-8(13)7(12)4-6/h2-4,9,15H,5,13H2,1H3,(H,14,16). The highest BCUT2D eigenvalue weighted by Crippen LogP contribution is 2.19. The lowest BCUT2D eigenvalue weighted by Gasteiger charge is -2.14. The molecule has 1 amide bonds. The minimum absolute atomic E-state index is 0.233. The lowest BCUT2D eigenvalue weighted by Crippen LogP contribution is -2.44. The number of carbonyl (C=O) groups excluding carboxylic acids is 2. The molecule has 1 aromatic carbocycles. The predicted molar refractivity (Wildman–Crippen MR) is 66.2 cm³/mol. The van der Waals surface area contributed by atoms with Gasteiger partial charge in [0.1, 0.15) is 0 Å².